The molecule has 2 unspecified atom stereocenters. The van der Waals surface area contributed by atoms with Crippen molar-refractivity contribution in [2.45, 2.75) is 52.6 Å². The Morgan fingerprint density at radius 2 is 2.16 bits per heavy atom. The molecule has 0 aliphatic carbocycles. The second kappa shape index (κ2) is 7.28. The molecule has 0 saturated carbocycles. The fraction of sp³-hybridized carbons (Fsp3) is 0.714. The van der Waals surface area contributed by atoms with Crippen molar-refractivity contribution in [1.29, 1.82) is 0 Å². The van der Waals surface area contributed by atoms with Gasteiger partial charge in [0.2, 0.25) is 5.91 Å². The minimum absolute atomic E-state index is 0.0377. The van der Waals surface area contributed by atoms with Gasteiger partial charge in [0.25, 0.3) is 0 Å². The van der Waals surface area contributed by atoms with Crippen molar-refractivity contribution < 1.29 is 4.79 Å². The van der Waals surface area contributed by atoms with E-state index in [-0.39, 0.29) is 17.9 Å². The van der Waals surface area contributed by atoms with Crippen LogP contribution >= 0.6 is 0 Å². The van der Waals surface area contributed by atoms with Crippen LogP contribution in [0.4, 0.5) is 0 Å². The van der Waals surface area contributed by atoms with E-state index in [0.29, 0.717) is 6.54 Å². The summed E-state index contributed by atoms with van der Waals surface area (Å²) in [7, 11) is 1.90. The highest BCUT2D eigenvalue weighted by Gasteiger charge is 2.13. The van der Waals surface area contributed by atoms with E-state index in [9.17, 15) is 4.79 Å². The van der Waals surface area contributed by atoms with Gasteiger partial charge in [0.1, 0.15) is 0 Å². The van der Waals surface area contributed by atoms with E-state index < -0.39 is 0 Å². The summed E-state index contributed by atoms with van der Waals surface area (Å²) in [4.78, 5) is 11.9. The van der Waals surface area contributed by atoms with Gasteiger partial charge >= 0.3 is 0 Å². The molecule has 0 aliphatic rings. The Morgan fingerprint density at radius 3 is 2.68 bits per heavy atom. The first-order valence-corrected chi connectivity index (χ1v) is 6.92. The molecule has 1 heterocycles. The molecule has 0 saturated heterocycles. The summed E-state index contributed by atoms with van der Waals surface area (Å²) in [5.74, 6) is 0.142. The van der Waals surface area contributed by atoms with Crippen molar-refractivity contribution >= 4 is 5.91 Å². The number of aromatic nitrogens is 2. The molecule has 0 aromatic carbocycles. The van der Waals surface area contributed by atoms with Crippen LogP contribution in [0.15, 0.2) is 6.20 Å². The monoisotopic (exact) mass is 266 g/mol. The third-order valence-electron chi connectivity index (χ3n) is 3.53. The topological polar surface area (TPSA) is 72.9 Å². The van der Waals surface area contributed by atoms with Crippen LogP contribution in [0.5, 0.6) is 0 Å². The van der Waals surface area contributed by atoms with Crippen LogP contribution in [0.2, 0.25) is 0 Å². The Labute approximate surface area is 115 Å². The maximum atomic E-state index is 11.9. The Morgan fingerprint density at radius 1 is 1.47 bits per heavy atom. The van der Waals surface area contributed by atoms with Crippen LogP contribution in [0.3, 0.4) is 0 Å². The van der Waals surface area contributed by atoms with Crippen LogP contribution in [0.1, 0.15) is 44.4 Å². The molecule has 0 bridgehead atoms. The molecule has 0 fully saturated rings. The van der Waals surface area contributed by atoms with Crippen molar-refractivity contribution in [2.24, 2.45) is 18.7 Å². The van der Waals surface area contributed by atoms with Gasteiger partial charge in [-0.05, 0) is 26.7 Å². The van der Waals surface area contributed by atoms with E-state index in [4.69, 9.17) is 5.73 Å². The zero-order chi connectivity index (χ0) is 14.4. The first-order valence-electron chi connectivity index (χ1n) is 6.92. The number of carbonyl (C=O) groups excluding carboxylic acids is 1. The highest BCUT2D eigenvalue weighted by molar-refractivity contribution is 5.78. The van der Waals surface area contributed by atoms with Gasteiger partial charge in [0, 0.05) is 36.8 Å². The molecule has 108 valence electrons. The van der Waals surface area contributed by atoms with Gasteiger partial charge in [-0.2, -0.15) is 5.10 Å². The summed E-state index contributed by atoms with van der Waals surface area (Å²) in [6, 6.07) is 0.216. The predicted molar refractivity (Wildman–Crippen MR) is 76.5 cm³/mol. The molecule has 5 heteroatoms. The molecule has 3 N–H and O–H groups in total. The van der Waals surface area contributed by atoms with E-state index in [1.165, 1.54) is 0 Å². The second-order valence-corrected chi connectivity index (χ2v) is 5.41. The number of aryl methyl sites for hydroxylation is 1. The molecule has 5 nitrogen and oxygen atoms in total. The Bertz CT molecular complexity index is 412. The third kappa shape index (κ3) is 5.03. The van der Waals surface area contributed by atoms with Crippen LogP contribution in [0, 0.1) is 12.8 Å². The third-order valence-corrected chi connectivity index (χ3v) is 3.53. The molecule has 0 radical (unpaired) electrons. The van der Waals surface area contributed by atoms with Crippen molar-refractivity contribution in [3.63, 3.8) is 0 Å². The number of hydrogen-bond donors (Lipinski definition) is 2. The number of carbonyl (C=O) groups is 1. The van der Waals surface area contributed by atoms with Gasteiger partial charge in [-0.1, -0.05) is 13.3 Å². The van der Waals surface area contributed by atoms with Crippen LogP contribution in [-0.2, 0) is 18.4 Å². The number of amides is 1. The summed E-state index contributed by atoms with van der Waals surface area (Å²) >= 11 is 0. The molecule has 1 rings (SSSR count). The SMILES string of the molecule is Cc1c(CNC(=O)C(C)CCCC(C)N)cnn1C. The van der Waals surface area contributed by atoms with Gasteiger partial charge in [0.05, 0.1) is 6.20 Å². The van der Waals surface area contributed by atoms with Crippen molar-refractivity contribution in [1.82, 2.24) is 15.1 Å². The van der Waals surface area contributed by atoms with E-state index >= 15 is 0 Å². The Kier molecular flexibility index (Phi) is 6.02. The van der Waals surface area contributed by atoms with Gasteiger partial charge in [0.15, 0.2) is 0 Å². The minimum Gasteiger partial charge on any atom is -0.352 e. The second-order valence-electron chi connectivity index (χ2n) is 5.41. The first kappa shape index (κ1) is 15.7. The molecule has 0 spiro atoms. The number of nitrogens with two attached hydrogens (primary N) is 1. The fourth-order valence-electron chi connectivity index (χ4n) is 1.95. The molecular weight excluding hydrogens is 240 g/mol. The van der Waals surface area contributed by atoms with Gasteiger partial charge < -0.3 is 11.1 Å². The quantitative estimate of drug-likeness (QED) is 0.785. The Balaban J connectivity index is 2.32. The van der Waals surface area contributed by atoms with Crippen LogP contribution < -0.4 is 11.1 Å². The van der Waals surface area contributed by atoms with Crippen molar-refractivity contribution in [3.05, 3.63) is 17.5 Å². The summed E-state index contributed by atoms with van der Waals surface area (Å²) in [5.41, 5.74) is 7.85. The number of hydrogen-bond acceptors (Lipinski definition) is 3. The van der Waals surface area contributed by atoms with Crippen LogP contribution in [0.25, 0.3) is 0 Å². The van der Waals surface area contributed by atoms with Gasteiger partial charge in [-0.25, -0.2) is 0 Å². The van der Waals surface area contributed by atoms with E-state index in [1.54, 1.807) is 6.20 Å². The average Bonchev–Trinajstić information content (AvgIpc) is 2.66. The highest BCUT2D eigenvalue weighted by atomic mass is 16.1. The number of nitrogens with zero attached hydrogens (tertiary/aromatic N) is 2. The fourth-order valence-corrected chi connectivity index (χ4v) is 1.95. The van der Waals surface area contributed by atoms with E-state index in [2.05, 4.69) is 10.4 Å². The maximum absolute atomic E-state index is 11.9. The molecule has 19 heavy (non-hydrogen) atoms. The predicted octanol–water partition coefficient (Wildman–Crippen LogP) is 1.50. The standard InChI is InChI=1S/C14H26N4O/c1-10(6-5-7-11(2)15)14(19)16-8-13-9-17-18(4)12(13)3/h9-11H,5-8,15H2,1-4H3,(H,16,19). The van der Waals surface area contributed by atoms with E-state index in [0.717, 1.165) is 30.5 Å². The lowest BCUT2D eigenvalue weighted by Crippen LogP contribution is -2.29. The lowest BCUT2D eigenvalue weighted by molar-refractivity contribution is -0.124. The largest absolute Gasteiger partial charge is 0.352 e. The number of nitrogens with one attached hydrogen (secondary N) is 1. The lowest BCUT2D eigenvalue weighted by atomic mass is 10.0. The molecule has 2 atom stereocenters. The zero-order valence-corrected chi connectivity index (χ0v) is 12.4. The maximum Gasteiger partial charge on any atom is 0.223 e. The van der Waals surface area contributed by atoms with E-state index in [1.807, 2.05) is 32.5 Å². The molecule has 1 aromatic rings. The van der Waals surface area contributed by atoms with Crippen molar-refractivity contribution in [2.75, 3.05) is 0 Å². The normalized spacial score (nSPS) is 14.2. The first-order chi connectivity index (χ1) is 8.91. The van der Waals surface area contributed by atoms with Crippen molar-refractivity contribution in [3.8, 4) is 0 Å². The molecule has 0 aliphatic heterocycles. The minimum atomic E-state index is 0.0377. The van der Waals surface area contributed by atoms with Gasteiger partial charge in [-0.15, -0.1) is 0 Å². The van der Waals surface area contributed by atoms with Crippen LogP contribution in [-0.4, -0.2) is 21.7 Å². The van der Waals surface area contributed by atoms with Gasteiger partial charge in [-0.3, -0.25) is 9.48 Å². The lowest BCUT2D eigenvalue weighted by Gasteiger charge is -2.12. The summed E-state index contributed by atoms with van der Waals surface area (Å²) < 4.78 is 1.81. The molecule has 1 aromatic heterocycles. The smallest absolute Gasteiger partial charge is 0.223 e. The zero-order valence-electron chi connectivity index (χ0n) is 12.4. The summed E-state index contributed by atoms with van der Waals surface area (Å²) in [6.45, 7) is 6.51. The summed E-state index contributed by atoms with van der Waals surface area (Å²) in [6.07, 6.45) is 4.66. The molecule has 1 amide bonds. The Hall–Kier alpha value is -1.36. The average molecular weight is 266 g/mol. The highest BCUT2D eigenvalue weighted by Crippen LogP contribution is 2.10. The molecular formula is C14H26N4O. The summed E-state index contributed by atoms with van der Waals surface area (Å²) in [5, 5.41) is 7.13. The number of rotatable bonds is 7.